The van der Waals surface area contributed by atoms with E-state index in [0.717, 1.165) is 22.1 Å². The van der Waals surface area contributed by atoms with Gasteiger partial charge in [-0.15, -0.1) is 0 Å². The van der Waals surface area contributed by atoms with Crippen LogP contribution >= 0.6 is 23.2 Å². The van der Waals surface area contributed by atoms with Gasteiger partial charge in [-0.25, -0.2) is 0 Å². The lowest BCUT2D eigenvalue weighted by molar-refractivity contribution is 0.488. The van der Waals surface area contributed by atoms with Gasteiger partial charge < -0.3 is 10.5 Å². The van der Waals surface area contributed by atoms with Crippen molar-refractivity contribution in [2.24, 2.45) is 5.73 Å². The first kappa shape index (κ1) is 14.2. The number of rotatable bonds is 3. The van der Waals surface area contributed by atoms with Crippen molar-refractivity contribution < 1.29 is 4.74 Å². The van der Waals surface area contributed by atoms with Crippen molar-refractivity contribution in [2.45, 2.75) is 6.54 Å². The molecular formula is C17H13Cl2NO. The fraction of sp³-hybridized carbons (Fsp3) is 0.0588. The number of ether oxygens (including phenoxy) is 1. The summed E-state index contributed by atoms with van der Waals surface area (Å²) in [5.74, 6) is 1.27. The van der Waals surface area contributed by atoms with Crippen LogP contribution in [0.1, 0.15) is 5.56 Å². The third-order valence-corrected chi connectivity index (χ3v) is 4.13. The minimum atomic E-state index is 0.408. The molecule has 0 atom stereocenters. The highest BCUT2D eigenvalue weighted by molar-refractivity contribution is 6.42. The minimum absolute atomic E-state index is 0.408. The molecule has 0 saturated carbocycles. The molecule has 2 N–H and O–H groups in total. The van der Waals surface area contributed by atoms with Crippen molar-refractivity contribution in [1.29, 1.82) is 0 Å². The summed E-state index contributed by atoms with van der Waals surface area (Å²) in [6.07, 6.45) is 0. The van der Waals surface area contributed by atoms with Crippen LogP contribution in [0.25, 0.3) is 10.8 Å². The molecular weight excluding hydrogens is 305 g/mol. The van der Waals surface area contributed by atoms with Crippen LogP contribution in [-0.2, 0) is 6.54 Å². The van der Waals surface area contributed by atoms with E-state index in [4.69, 9.17) is 33.7 Å². The Hall–Kier alpha value is -1.74. The Kier molecular flexibility index (Phi) is 4.02. The highest BCUT2D eigenvalue weighted by Crippen LogP contribution is 2.37. The molecule has 0 unspecified atom stereocenters. The summed E-state index contributed by atoms with van der Waals surface area (Å²) in [7, 11) is 0. The minimum Gasteiger partial charge on any atom is -0.455 e. The lowest BCUT2D eigenvalue weighted by atomic mass is 10.0. The van der Waals surface area contributed by atoms with E-state index in [9.17, 15) is 0 Å². The van der Waals surface area contributed by atoms with Crippen molar-refractivity contribution in [2.75, 3.05) is 0 Å². The summed E-state index contributed by atoms with van der Waals surface area (Å²) in [6, 6.07) is 17.2. The molecule has 0 aliphatic rings. The predicted molar refractivity (Wildman–Crippen MR) is 88.4 cm³/mol. The fourth-order valence-corrected chi connectivity index (χ4v) is 2.61. The van der Waals surface area contributed by atoms with Gasteiger partial charge in [0.1, 0.15) is 16.5 Å². The summed E-state index contributed by atoms with van der Waals surface area (Å²) in [5, 5.41) is 2.95. The maximum absolute atomic E-state index is 6.18. The predicted octanol–water partition coefficient (Wildman–Crippen LogP) is 5.40. The maximum Gasteiger partial charge on any atom is 0.147 e. The molecule has 4 heteroatoms. The van der Waals surface area contributed by atoms with Gasteiger partial charge in [0.15, 0.2) is 0 Å². The number of hydrogen-bond donors (Lipinski definition) is 1. The summed E-state index contributed by atoms with van der Waals surface area (Å²) in [5.41, 5.74) is 6.86. The van der Waals surface area contributed by atoms with E-state index in [2.05, 4.69) is 0 Å². The number of fused-ring (bicyclic) bond motifs is 1. The van der Waals surface area contributed by atoms with Crippen molar-refractivity contribution in [3.63, 3.8) is 0 Å². The summed E-state index contributed by atoms with van der Waals surface area (Å²) >= 11 is 12.2. The van der Waals surface area contributed by atoms with Crippen LogP contribution < -0.4 is 10.5 Å². The third kappa shape index (κ3) is 2.70. The molecule has 21 heavy (non-hydrogen) atoms. The van der Waals surface area contributed by atoms with E-state index in [-0.39, 0.29) is 0 Å². The molecule has 3 rings (SSSR count). The monoisotopic (exact) mass is 317 g/mol. The second-order valence-corrected chi connectivity index (χ2v) is 5.41. The van der Waals surface area contributed by atoms with E-state index < -0.39 is 0 Å². The Bertz CT molecular complexity index is 802. The van der Waals surface area contributed by atoms with Crippen LogP contribution in [0.3, 0.4) is 0 Å². The molecule has 0 aliphatic carbocycles. The number of nitrogens with two attached hydrogens (primary N) is 1. The number of benzene rings is 3. The SMILES string of the molecule is NCc1ccc(Oc2cccc(Cl)c2Cl)c2ccccc12. The second kappa shape index (κ2) is 5.94. The quantitative estimate of drug-likeness (QED) is 0.702. The fourth-order valence-electron chi connectivity index (χ4n) is 2.28. The molecule has 3 aromatic rings. The molecule has 0 amide bonds. The highest BCUT2D eigenvalue weighted by atomic mass is 35.5. The lowest BCUT2D eigenvalue weighted by Crippen LogP contribution is -1.98. The van der Waals surface area contributed by atoms with E-state index in [1.165, 1.54) is 0 Å². The van der Waals surface area contributed by atoms with Crippen LogP contribution in [0.5, 0.6) is 11.5 Å². The van der Waals surface area contributed by atoms with Gasteiger partial charge in [0.2, 0.25) is 0 Å². The maximum atomic E-state index is 6.18. The van der Waals surface area contributed by atoms with Crippen molar-refractivity contribution in [3.05, 3.63) is 70.2 Å². The first-order valence-electron chi connectivity index (χ1n) is 6.53. The Morgan fingerprint density at radius 2 is 1.57 bits per heavy atom. The molecule has 106 valence electrons. The van der Waals surface area contributed by atoms with Crippen LogP contribution in [0.2, 0.25) is 10.0 Å². The van der Waals surface area contributed by atoms with Gasteiger partial charge in [-0.05, 0) is 29.1 Å². The van der Waals surface area contributed by atoms with Crippen molar-refractivity contribution in [3.8, 4) is 11.5 Å². The normalized spacial score (nSPS) is 10.8. The van der Waals surface area contributed by atoms with Crippen LogP contribution in [0.15, 0.2) is 54.6 Å². The Morgan fingerprint density at radius 3 is 2.33 bits per heavy atom. The van der Waals surface area contributed by atoms with Gasteiger partial charge in [0.25, 0.3) is 0 Å². The van der Waals surface area contributed by atoms with Gasteiger partial charge in [-0.2, -0.15) is 0 Å². The first-order chi connectivity index (χ1) is 10.2. The van der Waals surface area contributed by atoms with Crippen molar-refractivity contribution >= 4 is 34.0 Å². The Labute approximate surface area is 133 Å². The van der Waals surface area contributed by atoms with Gasteiger partial charge in [0.05, 0.1) is 5.02 Å². The molecule has 0 aromatic heterocycles. The standard InChI is InChI=1S/C17H13Cl2NO/c18-14-6-3-7-16(17(14)19)21-15-9-8-11(10-20)12-4-1-2-5-13(12)15/h1-9H,10,20H2. The van der Waals surface area contributed by atoms with E-state index in [1.54, 1.807) is 18.2 Å². The summed E-state index contributed by atoms with van der Waals surface area (Å²) in [6.45, 7) is 0.485. The molecule has 0 bridgehead atoms. The average molecular weight is 318 g/mol. The average Bonchev–Trinajstić information content (AvgIpc) is 2.52. The topological polar surface area (TPSA) is 35.2 Å². The largest absolute Gasteiger partial charge is 0.455 e. The number of halogens is 2. The Morgan fingerprint density at radius 1 is 0.810 bits per heavy atom. The Balaban J connectivity index is 2.11. The zero-order chi connectivity index (χ0) is 14.8. The van der Waals surface area contributed by atoms with Gasteiger partial charge in [-0.1, -0.05) is 59.6 Å². The zero-order valence-corrected chi connectivity index (χ0v) is 12.7. The lowest BCUT2D eigenvalue weighted by Gasteiger charge is -2.13. The van der Waals surface area contributed by atoms with Gasteiger partial charge in [-0.3, -0.25) is 0 Å². The van der Waals surface area contributed by atoms with Crippen molar-refractivity contribution in [1.82, 2.24) is 0 Å². The summed E-state index contributed by atoms with van der Waals surface area (Å²) in [4.78, 5) is 0. The molecule has 0 fully saturated rings. The van der Waals surface area contributed by atoms with Crippen LogP contribution in [0, 0.1) is 0 Å². The van der Waals surface area contributed by atoms with E-state index in [1.807, 2.05) is 36.4 Å². The molecule has 0 aliphatic heterocycles. The van der Waals surface area contributed by atoms with E-state index >= 15 is 0 Å². The van der Waals surface area contributed by atoms with Crippen LogP contribution in [-0.4, -0.2) is 0 Å². The molecule has 0 heterocycles. The second-order valence-electron chi connectivity index (χ2n) is 4.63. The first-order valence-corrected chi connectivity index (χ1v) is 7.29. The third-order valence-electron chi connectivity index (χ3n) is 3.33. The number of hydrogen-bond acceptors (Lipinski definition) is 2. The molecule has 3 aromatic carbocycles. The molecule has 0 spiro atoms. The zero-order valence-electron chi connectivity index (χ0n) is 11.1. The molecule has 2 nitrogen and oxygen atoms in total. The highest BCUT2D eigenvalue weighted by Gasteiger charge is 2.10. The van der Waals surface area contributed by atoms with Gasteiger partial charge in [0, 0.05) is 11.9 Å². The van der Waals surface area contributed by atoms with E-state index in [0.29, 0.717) is 22.3 Å². The van der Waals surface area contributed by atoms with Crippen LogP contribution in [0.4, 0.5) is 0 Å². The smallest absolute Gasteiger partial charge is 0.147 e. The van der Waals surface area contributed by atoms with Gasteiger partial charge >= 0.3 is 0 Å². The molecule has 0 radical (unpaired) electrons. The summed E-state index contributed by atoms with van der Waals surface area (Å²) < 4.78 is 5.95. The molecule has 0 saturated heterocycles.